The van der Waals surface area contributed by atoms with E-state index < -0.39 is 6.04 Å². The van der Waals surface area contributed by atoms with Crippen molar-refractivity contribution in [2.45, 2.75) is 25.8 Å². The first-order valence-electron chi connectivity index (χ1n) is 8.42. The molecule has 3 rings (SSSR count). The average molecular weight is 337 g/mol. The second kappa shape index (κ2) is 6.97. The van der Waals surface area contributed by atoms with Crippen LogP contribution in [0.25, 0.3) is 0 Å². The SMILES string of the molecule is Cc1ccc(N2C(=O)CCC2C(=O)Nc2ccc(N(C)C)cc2)cc1. The molecule has 2 aromatic carbocycles. The predicted molar refractivity (Wildman–Crippen MR) is 101 cm³/mol. The van der Waals surface area contributed by atoms with Gasteiger partial charge < -0.3 is 10.2 Å². The van der Waals surface area contributed by atoms with Crippen LogP contribution in [-0.2, 0) is 9.59 Å². The summed E-state index contributed by atoms with van der Waals surface area (Å²) < 4.78 is 0. The van der Waals surface area contributed by atoms with Crippen molar-refractivity contribution in [2.24, 2.45) is 0 Å². The highest BCUT2D eigenvalue weighted by atomic mass is 16.2. The van der Waals surface area contributed by atoms with Crippen LogP contribution in [0, 0.1) is 6.92 Å². The first-order valence-corrected chi connectivity index (χ1v) is 8.42. The minimum absolute atomic E-state index is 0.00745. The smallest absolute Gasteiger partial charge is 0.247 e. The molecule has 5 heteroatoms. The molecule has 0 spiro atoms. The molecule has 1 unspecified atom stereocenters. The highest BCUT2D eigenvalue weighted by molar-refractivity contribution is 6.07. The molecule has 0 aromatic heterocycles. The maximum atomic E-state index is 12.7. The number of amides is 2. The fourth-order valence-electron chi connectivity index (χ4n) is 3.03. The highest BCUT2D eigenvalue weighted by Gasteiger charge is 2.37. The van der Waals surface area contributed by atoms with Gasteiger partial charge in [-0.25, -0.2) is 0 Å². The number of aryl methyl sites for hydroxylation is 1. The van der Waals surface area contributed by atoms with Crippen LogP contribution in [-0.4, -0.2) is 32.0 Å². The van der Waals surface area contributed by atoms with Gasteiger partial charge in [-0.15, -0.1) is 0 Å². The highest BCUT2D eigenvalue weighted by Crippen LogP contribution is 2.28. The van der Waals surface area contributed by atoms with Crippen molar-refractivity contribution < 1.29 is 9.59 Å². The molecule has 25 heavy (non-hydrogen) atoms. The van der Waals surface area contributed by atoms with Gasteiger partial charge >= 0.3 is 0 Å². The molecule has 2 amide bonds. The summed E-state index contributed by atoms with van der Waals surface area (Å²) in [5.74, 6) is -0.156. The normalized spacial score (nSPS) is 16.8. The monoisotopic (exact) mass is 337 g/mol. The van der Waals surface area contributed by atoms with Gasteiger partial charge in [-0.05, 0) is 49.7 Å². The van der Waals surface area contributed by atoms with Crippen LogP contribution in [0.4, 0.5) is 17.1 Å². The third-order valence-electron chi connectivity index (χ3n) is 4.48. The largest absolute Gasteiger partial charge is 0.378 e. The van der Waals surface area contributed by atoms with E-state index in [2.05, 4.69) is 5.32 Å². The number of hydrogen-bond donors (Lipinski definition) is 1. The number of anilines is 3. The van der Waals surface area contributed by atoms with Gasteiger partial charge in [-0.2, -0.15) is 0 Å². The molecule has 0 aliphatic carbocycles. The Morgan fingerprint density at radius 2 is 1.72 bits per heavy atom. The fourth-order valence-corrected chi connectivity index (χ4v) is 3.03. The molecule has 1 saturated heterocycles. The number of carbonyl (C=O) groups excluding carboxylic acids is 2. The Bertz CT molecular complexity index is 767. The van der Waals surface area contributed by atoms with Crippen molar-refractivity contribution in [3.05, 3.63) is 54.1 Å². The van der Waals surface area contributed by atoms with Crippen molar-refractivity contribution in [2.75, 3.05) is 29.2 Å². The van der Waals surface area contributed by atoms with Gasteiger partial charge in [0.1, 0.15) is 6.04 Å². The number of carbonyl (C=O) groups is 2. The van der Waals surface area contributed by atoms with Gasteiger partial charge in [-0.3, -0.25) is 14.5 Å². The zero-order valence-electron chi connectivity index (χ0n) is 14.8. The molecule has 1 N–H and O–H groups in total. The molecule has 0 radical (unpaired) electrons. The van der Waals surface area contributed by atoms with E-state index in [4.69, 9.17) is 0 Å². The van der Waals surface area contributed by atoms with E-state index >= 15 is 0 Å². The summed E-state index contributed by atoms with van der Waals surface area (Å²) in [6.45, 7) is 2.00. The molecule has 0 bridgehead atoms. The van der Waals surface area contributed by atoms with Gasteiger partial charge in [0.25, 0.3) is 0 Å². The molecule has 1 aliphatic rings. The van der Waals surface area contributed by atoms with Crippen LogP contribution in [0.15, 0.2) is 48.5 Å². The second-order valence-electron chi connectivity index (χ2n) is 6.58. The Balaban J connectivity index is 1.76. The van der Waals surface area contributed by atoms with Crippen LogP contribution < -0.4 is 15.1 Å². The van der Waals surface area contributed by atoms with Gasteiger partial charge in [-0.1, -0.05) is 17.7 Å². The van der Waals surface area contributed by atoms with Crippen molar-refractivity contribution >= 4 is 28.9 Å². The number of nitrogens with zero attached hydrogens (tertiary/aromatic N) is 2. The van der Waals surface area contributed by atoms with E-state index in [1.165, 1.54) is 0 Å². The molecule has 5 nitrogen and oxygen atoms in total. The summed E-state index contributed by atoms with van der Waals surface area (Å²) in [5.41, 5.74) is 3.70. The van der Waals surface area contributed by atoms with Gasteiger partial charge in [0.15, 0.2) is 0 Å². The average Bonchev–Trinajstić information content (AvgIpc) is 2.98. The molecule has 2 aromatic rings. The zero-order valence-corrected chi connectivity index (χ0v) is 14.8. The Hall–Kier alpha value is -2.82. The van der Waals surface area contributed by atoms with Gasteiger partial charge in [0, 0.05) is 37.6 Å². The van der Waals surface area contributed by atoms with E-state index in [9.17, 15) is 9.59 Å². The number of nitrogens with one attached hydrogen (secondary N) is 1. The summed E-state index contributed by atoms with van der Waals surface area (Å²) in [7, 11) is 3.94. The van der Waals surface area contributed by atoms with Crippen molar-refractivity contribution in [1.29, 1.82) is 0 Å². The lowest BCUT2D eigenvalue weighted by atomic mass is 10.1. The summed E-state index contributed by atoms with van der Waals surface area (Å²) in [6, 6.07) is 14.9. The molecular formula is C20H23N3O2. The molecular weight excluding hydrogens is 314 g/mol. The standard InChI is InChI=1S/C20H23N3O2/c1-14-4-8-17(9-5-14)23-18(12-13-19(23)24)20(25)21-15-6-10-16(11-7-15)22(2)3/h4-11,18H,12-13H2,1-3H3,(H,21,25). The van der Waals surface area contributed by atoms with Crippen molar-refractivity contribution in [3.63, 3.8) is 0 Å². The Kier molecular flexibility index (Phi) is 4.74. The predicted octanol–water partition coefficient (Wildman–Crippen LogP) is 3.20. The molecule has 1 aliphatic heterocycles. The number of benzene rings is 2. The molecule has 1 atom stereocenters. The third kappa shape index (κ3) is 3.65. The first-order chi connectivity index (χ1) is 12.0. The van der Waals surface area contributed by atoms with Crippen LogP contribution in [0.3, 0.4) is 0 Å². The Morgan fingerprint density at radius 1 is 1.08 bits per heavy atom. The van der Waals surface area contributed by atoms with Gasteiger partial charge in [0.05, 0.1) is 0 Å². The summed E-state index contributed by atoms with van der Waals surface area (Å²) in [4.78, 5) is 28.6. The molecule has 1 fully saturated rings. The lowest BCUT2D eigenvalue weighted by Gasteiger charge is -2.24. The van der Waals surface area contributed by atoms with Crippen molar-refractivity contribution in [1.82, 2.24) is 0 Å². The number of hydrogen-bond acceptors (Lipinski definition) is 3. The maximum absolute atomic E-state index is 12.7. The Labute approximate surface area is 148 Å². The lowest BCUT2D eigenvalue weighted by Crippen LogP contribution is -2.41. The quantitative estimate of drug-likeness (QED) is 0.932. The van der Waals surface area contributed by atoms with Crippen LogP contribution in [0.2, 0.25) is 0 Å². The minimum Gasteiger partial charge on any atom is -0.378 e. The van der Waals surface area contributed by atoms with E-state index in [1.54, 1.807) is 4.90 Å². The van der Waals surface area contributed by atoms with E-state index in [1.807, 2.05) is 74.4 Å². The summed E-state index contributed by atoms with van der Waals surface area (Å²) >= 11 is 0. The fraction of sp³-hybridized carbons (Fsp3) is 0.300. The van der Waals surface area contributed by atoms with Crippen LogP contribution >= 0.6 is 0 Å². The summed E-state index contributed by atoms with van der Waals surface area (Å²) in [6.07, 6.45) is 0.930. The minimum atomic E-state index is -0.469. The molecule has 130 valence electrons. The van der Waals surface area contributed by atoms with Crippen molar-refractivity contribution in [3.8, 4) is 0 Å². The van der Waals surface area contributed by atoms with Crippen LogP contribution in [0.1, 0.15) is 18.4 Å². The molecule has 1 heterocycles. The van der Waals surface area contributed by atoms with Crippen LogP contribution in [0.5, 0.6) is 0 Å². The van der Waals surface area contributed by atoms with E-state index in [0.29, 0.717) is 12.8 Å². The zero-order chi connectivity index (χ0) is 18.0. The second-order valence-corrected chi connectivity index (χ2v) is 6.58. The topological polar surface area (TPSA) is 52.7 Å². The summed E-state index contributed by atoms with van der Waals surface area (Å²) in [5, 5.41) is 2.93. The number of rotatable bonds is 4. The first kappa shape index (κ1) is 17.0. The maximum Gasteiger partial charge on any atom is 0.247 e. The third-order valence-corrected chi connectivity index (χ3v) is 4.48. The molecule has 0 saturated carbocycles. The van der Waals surface area contributed by atoms with E-state index in [0.717, 1.165) is 22.6 Å². The van der Waals surface area contributed by atoms with Gasteiger partial charge in [0.2, 0.25) is 11.8 Å². The van der Waals surface area contributed by atoms with E-state index in [-0.39, 0.29) is 11.8 Å². The Morgan fingerprint density at radius 3 is 2.32 bits per heavy atom. The lowest BCUT2D eigenvalue weighted by molar-refractivity contribution is -0.120.